The Bertz CT molecular complexity index is 672. The molecule has 1 N–H and O–H groups in total. The molecule has 1 atom stereocenters. The SMILES string of the molecule is O/N=C1/C[C@@H]2CCCc3ccc4cccc1c4c32. The highest BCUT2D eigenvalue weighted by Gasteiger charge is 2.30. The zero-order valence-corrected chi connectivity index (χ0v) is 10.2. The van der Waals surface area contributed by atoms with Crippen molar-refractivity contribution in [2.24, 2.45) is 5.16 Å². The van der Waals surface area contributed by atoms with Gasteiger partial charge in [-0.25, -0.2) is 0 Å². The van der Waals surface area contributed by atoms with Crippen LogP contribution in [-0.4, -0.2) is 10.9 Å². The van der Waals surface area contributed by atoms with Crippen LogP contribution in [0.5, 0.6) is 0 Å². The van der Waals surface area contributed by atoms with Crippen molar-refractivity contribution >= 4 is 16.5 Å². The van der Waals surface area contributed by atoms with Crippen molar-refractivity contribution in [1.29, 1.82) is 0 Å². The second kappa shape index (κ2) is 3.58. The molecule has 90 valence electrons. The van der Waals surface area contributed by atoms with E-state index in [4.69, 9.17) is 0 Å². The smallest absolute Gasteiger partial charge is 0.0880 e. The highest BCUT2D eigenvalue weighted by atomic mass is 16.4. The lowest BCUT2D eigenvalue weighted by atomic mass is 9.72. The van der Waals surface area contributed by atoms with Gasteiger partial charge in [0, 0.05) is 12.0 Å². The van der Waals surface area contributed by atoms with E-state index in [0.717, 1.165) is 17.7 Å². The van der Waals surface area contributed by atoms with E-state index in [-0.39, 0.29) is 0 Å². The van der Waals surface area contributed by atoms with E-state index in [2.05, 4.69) is 35.5 Å². The Morgan fingerprint density at radius 1 is 1.17 bits per heavy atom. The molecule has 0 unspecified atom stereocenters. The van der Waals surface area contributed by atoms with Gasteiger partial charge in [-0.1, -0.05) is 35.5 Å². The fraction of sp³-hybridized carbons (Fsp3) is 0.312. The minimum Gasteiger partial charge on any atom is -0.411 e. The van der Waals surface area contributed by atoms with E-state index in [1.165, 1.54) is 41.2 Å². The van der Waals surface area contributed by atoms with Gasteiger partial charge in [0.25, 0.3) is 0 Å². The number of benzene rings is 2. The maximum atomic E-state index is 9.26. The first-order valence-electron chi connectivity index (χ1n) is 6.64. The molecule has 2 aromatic rings. The predicted molar refractivity (Wildman–Crippen MR) is 72.6 cm³/mol. The van der Waals surface area contributed by atoms with Gasteiger partial charge in [-0.2, -0.15) is 0 Å². The monoisotopic (exact) mass is 237 g/mol. The van der Waals surface area contributed by atoms with Crippen LogP contribution >= 0.6 is 0 Å². The first kappa shape index (κ1) is 10.1. The van der Waals surface area contributed by atoms with Crippen LogP contribution in [0.1, 0.15) is 41.9 Å². The first-order chi connectivity index (χ1) is 8.88. The maximum Gasteiger partial charge on any atom is 0.0880 e. The minimum absolute atomic E-state index is 0.554. The van der Waals surface area contributed by atoms with Crippen molar-refractivity contribution in [2.45, 2.75) is 31.6 Å². The quantitative estimate of drug-likeness (QED) is 0.548. The Labute approximate surface area is 106 Å². The molecule has 0 fully saturated rings. The van der Waals surface area contributed by atoms with Gasteiger partial charge in [0.1, 0.15) is 0 Å². The third kappa shape index (κ3) is 1.20. The second-order valence-corrected chi connectivity index (χ2v) is 5.38. The van der Waals surface area contributed by atoms with Crippen LogP contribution in [0.2, 0.25) is 0 Å². The summed E-state index contributed by atoms with van der Waals surface area (Å²) in [6.07, 6.45) is 4.56. The summed E-state index contributed by atoms with van der Waals surface area (Å²) < 4.78 is 0. The number of aryl methyl sites for hydroxylation is 1. The molecule has 0 bridgehead atoms. The predicted octanol–water partition coefficient (Wildman–Crippen LogP) is 3.84. The van der Waals surface area contributed by atoms with Crippen molar-refractivity contribution in [3.8, 4) is 0 Å². The largest absolute Gasteiger partial charge is 0.411 e. The normalized spacial score (nSPS) is 23.6. The summed E-state index contributed by atoms with van der Waals surface area (Å²) in [5.41, 5.74) is 5.02. The Morgan fingerprint density at radius 3 is 3.00 bits per heavy atom. The van der Waals surface area contributed by atoms with Crippen LogP contribution in [0.4, 0.5) is 0 Å². The maximum absolute atomic E-state index is 9.26. The van der Waals surface area contributed by atoms with Crippen LogP contribution in [0.25, 0.3) is 10.8 Å². The Hall–Kier alpha value is -1.83. The second-order valence-electron chi connectivity index (χ2n) is 5.38. The lowest BCUT2D eigenvalue weighted by molar-refractivity contribution is 0.317. The van der Waals surface area contributed by atoms with Crippen LogP contribution in [-0.2, 0) is 6.42 Å². The molecule has 0 heterocycles. The Kier molecular flexibility index (Phi) is 2.01. The standard InChI is InChI=1S/C16H15NO/c18-17-14-9-12-5-1-3-10-7-8-11-4-2-6-13(14)16(11)15(10)12/h2,4,6-8,12,18H,1,3,5,9H2/b17-14-/t12-/m0/s1. The summed E-state index contributed by atoms with van der Waals surface area (Å²) in [7, 11) is 0. The molecule has 0 aliphatic heterocycles. The third-order valence-electron chi connectivity index (χ3n) is 4.45. The molecular formula is C16H15NO. The van der Waals surface area contributed by atoms with E-state index >= 15 is 0 Å². The number of hydrogen-bond acceptors (Lipinski definition) is 2. The van der Waals surface area contributed by atoms with E-state index in [1.54, 1.807) is 0 Å². The molecule has 2 aliphatic carbocycles. The van der Waals surface area contributed by atoms with Crippen molar-refractivity contribution in [3.63, 3.8) is 0 Å². The number of hydrogen-bond donors (Lipinski definition) is 1. The van der Waals surface area contributed by atoms with E-state index < -0.39 is 0 Å². The van der Waals surface area contributed by atoms with Crippen molar-refractivity contribution < 1.29 is 5.21 Å². The highest BCUT2D eigenvalue weighted by Crippen LogP contribution is 2.44. The van der Waals surface area contributed by atoms with Gasteiger partial charge in [0.05, 0.1) is 5.71 Å². The lowest BCUT2D eigenvalue weighted by Gasteiger charge is -2.32. The van der Waals surface area contributed by atoms with Crippen molar-refractivity contribution in [3.05, 3.63) is 47.0 Å². The summed E-state index contributed by atoms with van der Waals surface area (Å²) in [4.78, 5) is 0. The molecule has 4 rings (SSSR count). The number of oxime groups is 1. The van der Waals surface area contributed by atoms with E-state index in [0.29, 0.717) is 5.92 Å². The topological polar surface area (TPSA) is 32.6 Å². The van der Waals surface area contributed by atoms with Crippen LogP contribution in [0, 0.1) is 0 Å². The molecule has 0 saturated carbocycles. The zero-order valence-electron chi connectivity index (χ0n) is 10.2. The summed E-state index contributed by atoms with van der Waals surface area (Å²) in [5, 5.41) is 15.4. The molecule has 0 radical (unpaired) electrons. The molecule has 2 aromatic carbocycles. The van der Waals surface area contributed by atoms with Gasteiger partial charge < -0.3 is 5.21 Å². The minimum atomic E-state index is 0.554. The molecule has 2 heteroatoms. The van der Waals surface area contributed by atoms with Gasteiger partial charge in [-0.3, -0.25) is 0 Å². The van der Waals surface area contributed by atoms with Gasteiger partial charge >= 0.3 is 0 Å². The molecule has 18 heavy (non-hydrogen) atoms. The molecule has 0 saturated heterocycles. The molecular weight excluding hydrogens is 222 g/mol. The zero-order chi connectivity index (χ0) is 12.1. The Balaban J connectivity index is 2.18. The van der Waals surface area contributed by atoms with Crippen molar-refractivity contribution in [1.82, 2.24) is 0 Å². The van der Waals surface area contributed by atoms with E-state index in [9.17, 15) is 5.21 Å². The summed E-state index contributed by atoms with van der Waals surface area (Å²) >= 11 is 0. The van der Waals surface area contributed by atoms with Gasteiger partial charge in [-0.15, -0.1) is 0 Å². The van der Waals surface area contributed by atoms with Crippen LogP contribution < -0.4 is 0 Å². The fourth-order valence-corrected chi connectivity index (χ4v) is 3.70. The summed E-state index contributed by atoms with van der Waals surface area (Å²) in [6, 6.07) is 10.8. The van der Waals surface area contributed by atoms with Crippen LogP contribution in [0.3, 0.4) is 0 Å². The average molecular weight is 237 g/mol. The lowest BCUT2D eigenvalue weighted by Crippen LogP contribution is -2.20. The molecule has 2 nitrogen and oxygen atoms in total. The highest BCUT2D eigenvalue weighted by molar-refractivity contribution is 6.14. The van der Waals surface area contributed by atoms with Crippen LogP contribution in [0.15, 0.2) is 35.5 Å². The molecule has 0 amide bonds. The summed E-state index contributed by atoms with van der Waals surface area (Å²) in [6.45, 7) is 0. The third-order valence-corrected chi connectivity index (χ3v) is 4.45. The molecule has 0 spiro atoms. The number of rotatable bonds is 0. The first-order valence-corrected chi connectivity index (χ1v) is 6.64. The number of nitrogens with zero attached hydrogens (tertiary/aromatic N) is 1. The van der Waals surface area contributed by atoms with Gasteiger partial charge in [0.15, 0.2) is 0 Å². The Morgan fingerprint density at radius 2 is 2.11 bits per heavy atom. The summed E-state index contributed by atoms with van der Waals surface area (Å²) in [5.74, 6) is 0.554. The fourth-order valence-electron chi connectivity index (χ4n) is 3.70. The average Bonchev–Trinajstić information content (AvgIpc) is 2.44. The van der Waals surface area contributed by atoms with Gasteiger partial charge in [0.2, 0.25) is 0 Å². The molecule has 2 aliphatic rings. The van der Waals surface area contributed by atoms with E-state index in [1.807, 2.05) is 0 Å². The van der Waals surface area contributed by atoms with Crippen molar-refractivity contribution in [2.75, 3.05) is 0 Å². The van der Waals surface area contributed by atoms with Gasteiger partial charge in [-0.05, 0) is 47.1 Å². The molecule has 0 aromatic heterocycles.